The van der Waals surface area contributed by atoms with Crippen LogP contribution in [0.4, 0.5) is 4.79 Å². The predicted octanol–water partition coefficient (Wildman–Crippen LogP) is 1.81. The summed E-state index contributed by atoms with van der Waals surface area (Å²) in [4.78, 5) is 27.8. The maximum atomic E-state index is 11.9. The van der Waals surface area contributed by atoms with Gasteiger partial charge < -0.3 is 16.0 Å². The first-order valence-electron chi connectivity index (χ1n) is 7.80. The molecule has 1 aliphatic heterocycles. The number of nitrogens with one attached hydrogen (secondary N) is 3. The zero-order chi connectivity index (χ0) is 16.2. The summed E-state index contributed by atoms with van der Waals surface area (Å²) < 4.78 is 1.17. The minimum absolute atomic E-state index is 0.0184. The lowest BCUT2D eigenvalue weighted by atomic mass is 10.00. The van der Waals surface area contributed by atoms with Gasteiger partial charge in [0.1, 0.15) is 0 Å². The molecule has 1 aromatic heterocycles. The molecule has 1 saturated heterocycles. The SMILES string of the molecule is CC1NC(=O)CCC1NC(=O)NCCc1nc2ccccc2s1. The van der Waals surface area contributed by atoms with Crippen molar-refractivity contribution in [2.45, 2.75) is 38.3 Å². The fourth-order valence-electron chi connectivity index (χ4n) is 2.69. The predicted molar refractivity (Wildman–Crippen MR) is 90.5 cm³/mol. The number of aromatic nitrogens is 1. The normalized spacial score (nSPS) is 21.0. The monoisotopic (exact) mass is 332 g/mol. The van der Waals surface area contributed by atoms with E-state index in [1.807, 2.05) is 25.1 Å². The molecule has 2 aromatic rings. The number of para-hydroxylation sites is 1. The molecular weight excluding hydrogens is 312 g/mol. The third-order valence-electron chi connectivity index (χ3n) is 3.95. The highest BCUT2D eigenvalue weighted by molar-refractivity contribution is 7.18. The van der Waals surface area contributed by atoms with Gasteiger partial charge in [0, 0.05) is 25.4 Å². The Bertz CT molecular complexity index is 682. The van der Waals surface area contributed by atoms with E-state index in [1.54, 1.807) is 11.3 Å². The van der Waals surface area contributed by atoms with E-state index in [4.69, 9.17) is 0 Å². The number of piperidine rings is 1. The summed E-state index contributed by atoms with van der Waals surface area (Å²) in [5.74, 6) is 0.0480. The average Bonchev–Trinajstić information content (AvgIpc) is 2.93. The molecular formula is C16H20N4O2S. The minimum Gasteiger partial charge on any atom is -0.352 e. The Morgan fingerprint density at radius 1 is 1.43 bits per heavy atom. The molecule has 122 valence electrons. The molecule has 0 saturated carbocycles. The highest BCUT2D eigenvalue weighted by atomic mass is 32.1. The largest absolute Gasteiger partial charge is 0.352 e. The second kappa shape index (κ2) is 6.95. The zero-order valence-corrected chi connectivity index (χ0v) is 13.8. The van der Waals surface area contributed by atoms with Gasteiger partial charge in [-0.2, -0.15) is 0 Å². The van der Waals surface area contributed by atoms with Crippen LogP contribution in [0.3, 0.4) is 0 Å². The van der Waals surface area contributed by atoms with Gasteiger partial charge in [0.15, 0.2) is 0 Å². The molecule has 1 fully saturated rings. The number of carbonyl (C=O) groups excluding carboxylic acids is 2. The Kier molecular flexibility index (Phi) is 4.76. The van der Waals surface area contributed by atoms with Crippen LogP contribution in [-0.4, -0.2) is 35.6 Å². The number of amides is 3. The van der Waals surface area contributed by atoms with E-state index >= 15 is 0 Å². The van der Waals surface area contributed by atoms with Crippen LogP contribution in [0.2, 0.25) is 0 Å². The molecule has 0 aliphatic carbocycles. The molecule has 0 radical (unpaired) electrons. The van der Waals surface area contributed by atoms with Crippen molar-refractivity contribution in [3.05, 3.63) is 29.3 Å². The van der Waals surface area contributed by atoms with Crippen molar-refractivity contribution in [1.29, 1.82) is 0 Å². The first-order valence-corrected chi connectivity index (χ1v) is 8.61. The topological polar surface area (TPSA) is 83.1 Å². The Hall–Kier alpha value is -2.15. The van der Waals surface area contributed by atoms with Crippen LogP contribution in [0, 0.1) is 0 Å². The van der Waals surface area contributed by atoms with Crippen molar-refractivity contribution in [2.75, 3.05) is 6.54 Å². The maximum Gasteiger partial charge on any atom is 0.315 e. The number of hydrogen-bond donors (Lipinski definition) is 3. The molecule has 3 rings (SSSR count). The number of hydrogen-bond acceptors (Lipinski definition) is 4. The maximum absolute atomic E-state index is 11.9. The Balaban J connectivity index is 1.45. The zero-order valence-electron chi connectivity index (χ0n) is 13.0. The summed E-state index contributed by atoms with van der Waals surface area (Å²) in [6, 6.07) is 7.77. The lowest BCUT2D eigenvalue weighted by Crippen LogP contribution is -2.55. The van der Waals surface area contributed by atoms with Crippen LogP contribution >= 0.6 is 11.3 Å². The molecule has 2 unspecified atom stereocenters. The fraction of sp³-hybridized carbons (Fsp3) is 0.438. The van der Waals surface area contributed by atoms with E-state index in [0.717, 1.165) is 10.5 Å². The highest BCUT2D eigenvalue weighted by Crippen LogP contribution is 2.21. The summed E-state index contributed by atoms with van der Waals surface area (Å²) >= 11 is 1.65. The molecule has 2 heterocycles. The summed E-state index contributed by atoms with van der Waals surface area (Å²) in [6.45, 7) is 2.45. The molecule has 3 amide bonds. The first-order chi connectivity index (χ1) is 11.1. The van der Waals surface area contributed by atoms with E-state index in [0.29, 0.717) is 25.8 Å². The number of nitrogens with zero attached hydrogens (tertiary/aromatic N) is 1. The van der Waals surface area contributed by atoms with Crippen LogP contribution < -0.4 is 16.0 Å². The molecule has 7 heteroatoms. The molecule has 3 N–H and O–H groups in total. The van der Waals surface area contributed by atoms with Crippen LogP contribution in [0.25, 0.3) is 10.2 Å². The van der Waals surface area contributed by atoms with Gasteiger partial charge in [-0.3, -0.25) is 4.79 Å². The third-order valence-corrected chi connectivity index (χ3v) is 5.05. The lowest BCUT2D eigenvalue weighted by molar-refractivity contribution is -0.123. The van der Waals surface area contributed by atoms with Gasteiger partial charge in [-0.25, -0.2) is 9.78 Å². The first kappa shape index (κ1) is 15.7. The smallest absolute Gasteiger partial charge is 0.315 e. The molecule has 2 atom stereocenters. The van der Waals surface area contributed by atoms with Crippen LogP contribution in [-0.2, 0) is 11.2 Å². The third kappa shape index (κ3) is 3.98. The van der Waals surface area contributed by atoms with Crippen molar-refractivity contribution in [1.82, 2.24) is 20.9 Å². The quantitative estimate of drug-likeness (QED) is 0.798. The number of benzene rings is 1. The molecule has 1 aliphatic rings. The van der Waals surface area contributed by atoms with E-state index in [-0.39, 0.29) is 24.0 Å². The lowest BCUT2D eigenvalue weighted by Gasteiger charge is -2.30. The summed E-state index contributed by atoms with van der Waals surface area (Å²) in [5, 5.41) is 9.64. The second-order valence-electron chi connectivity index (χ2n) is 5.73. The van der Waals surface area contributed by atoms with Crippen LogP contribution in [0.1, 0.15) is 24.8 Å². The second-order valence-corrected chi connectivity index (χ2v) is 6.84. The van der Waals surface area contributed by atoms with Crippen molar-refractivity contribution in [2.24, 2.45) is 0 Å². The van der Waals surface area contributed by atoms with Crippen molar-refractivity contribution >= 4 is 33.5 Å². The average molecular weight is 332 g/mol. The Morgan fingerprint density at radius 3 is 3.04 bits per heavy atom. The van der Waals surface area contributed by atoms with Gasteiger partial charge in [0.25, 0.3) is 0 Å². The molecule has 1 aromatic carbocycles. The Morgan fingerprint density at radius 2 is 2.26 bits per heavy atom. The van der Waals surface area contributed by atoms with E-state index < -0.39 is 0 Å². The van der Waals surface area contributed by atoms with E-state index in [9.17, 15) is 9.59 Å². The van der Waals surface area contributed by atoms with Crippen LogP contribution in [0.15, 0.2) is 24.3 Å². The van der Waals surface area contributed by atoms with Crippen molar-refractivity contribution in [3.63, 3.8) is 0 Å². The van der Waals surface area contributed by atoms with Crippen LogP contribution in [0.5, 0.6) is 0 Å². The highest BCUT2D eigenvalue weighted by Gasteiger charge is 2.26. The summed E-state index contributed by atoms with van der Waals surface area (Å²) in [5.41, 5.74) is 1.00. The van der Waals surface area contributed by atoms with E-state index in [2.05, 4.69) is 27.0 Å². The van der Waals surface area contributed by atoms with Gasteiger partial charge in [0.2, 0.25) is 5.91 Å². The van der Waals surface area contributed by atoms with Gasteiger partial charge in [-0.1, -0.05) is 12.1 Å². The number of fused-ring (bicyclic) bond motifs is 1. The van der Waals surface area contributed by atoms with E-state index in [1.165, 1.54) is 4.70 Å². The molecule has 0 bridgehead atoms. The molecule has 0 spiro atoms. The summed E-state index contributed by atoms with van der Waals surface area (Å²) in [6.07, 6.45) is 1.85. The van der Waals surface area contributed by atoms with Gasteiger partial charge in [-0.05, 0) is 25.5 Å². The Labute approximate surface area is 138 Å². The number of urea groups is 1. The van der Waals surface area contributed by atoms with Gasteiger partial charge in [0.05, 0.1) is 21.3 Å². The van der Waals surface area contributed by atoms with Gasteiger partial charge >= 0.3 is 6.03 Å². The number of thiazole rings is 1. The van der Waals surface area contributed by atoms with Gasteiger partial charge in [-0.15, -0.1) is 11.3 Å². The number of carbonyl (C=O) groups is 2. The minimum atomic E-state index is -0.195. The molecule has 6 nitrogen and oxygen atoms in total. The fourth-order valence-corrected chi connectivity index (χ4v) is 3.66. The van der Waals surface area contributed by atoms with Crippen molar-refractivity contribution in [3.8, 4) is 0 Å². The number of rotatable bonds is 4. The summed E-state index contributed by atoms with van der Waals surface area (Å²) in [7, 11) is 0. The van der Waals surface area contributed by atoms with Crippen molar-refractivity contribution < 1.29 is 9.59 Å². The molecule has 23 heavy (non-hydrogen) atoms. The standard InChI is InChI=1S/C16H20N4O2S/c1-10-11(6-7-14(21)18-10)20-16(22)17-9-8-15-19-12-4-2-3-5-13(12)23-15/h2-5,10-11H,6-9H2,1H3,(H,18,21)(H2,17,20,22).